The molecule has 0 amide bonds. The Hall–Kier alpha value is -1.91. The molecule has 0 fully saturated rings. The summed E-state index contributed by atoms with van der Waals surface area (Å²) in [6.45, 7) is 0.217. The van der Waals surface area contributed by atoms with E-state index in [2.05, 4.69) is 5.32 Å². The van der Waals surface area contributed by atoms with E-state index in [-0.39, 0.29) is 17.7 Å². The zero-order chi connectivity index (χ0) is 14.5. The molecule has 2 rings (SSSR count). The van der Waals surface area contributed by atoms with Gasteiger partial charge in [-0.1, -0.05) is 23.7 Å². The lowest BCUT2D eigenvalue weighted by Gasteiger charge is -2.11. The predicted octanol–water partition coefficient (Wildman–Crippen LogP) is 3.11. The highest BCUT2D eigenvalue weighted by Gasteiger charge is 2.17. The average Bonchev–Trinajstić information content (AvgIpc) is 2.46. The third kappa shape index (κ3) is 3.15. The van der Waals surface area contributed by atoms with Gasteiger partial charge < -0.3 is 10.4 Å². The molecule has 0 spiro atoms. The lowest BCUT2D eigenvalue weighted by molar-refractivity contribution is 0.103. The van der Waals surface area contributed by atoms with E-state index < -0.39 is 11.6 Å². The van der Waals surface area contributed by atoms with E-state index >= 15 is 0 Å². The molecule has 0 aliphatic heterocycles. The molecular weight excluding hydrogens is 281 g/mol. The van der Waals surface area contributed by atoms with E-state index in [4.69, 9.17) is 16.7 Å². The Bertz CT molecular complexity index is 631. The molecule has 3 nitrogen and oxygen atoms in total. The van der Waals surface area contributed by atoms with Crippen LogP contribution in [0.4, 0.5) is 10.1 Å². The minimum Gasteiger partial charge on any atom is -0.395 e. The third-order valence-corrected chi connectivity index (χ3v) is 3.01. The summed E-state index contributed by atoms with van der Waals surface area (Å²) >= 11 is 5.90. The molecule has 0 unspecified atom stereocenters. The maximum absolute atomic E-state index is 13.7. The summed E-state index contributed by atoms with van der Waals surface area (Å²) in [6.07, 6.45) is 0. The number of ketones is 1. The summed E-state index contributed by atoms with van der Waals surface area (Å²) in [4.78, 5) is 12.4. The Morgan fingerprint density at radius 2 is 1.95 bits per heavy atom. The normalized spacial score (nSPS) is 10.3. The van der Waals surface area contributed by atoms with Gasteiger partial charge in [-0.05, 0) is 30.3 Å². The predicted molar refractivity (Wildman–Crippen MR) is 76.9 cm³/mol. The molecule has 5 heteroatoms. The van der Waals surface area contributed by atoms with Gasteiger partial charge in [0.05, 0.1) is 12.2 Å². The maximum atomic E-state index is 13.7. The maximum Gasteiger partial charge on any atom is 0.198 e. The molecule has 0 aliphatic carbocycles. The van der Waals surface area contributed by atoms with Crippen LogP contribution < -0.4 is 5.32 Å². The number of hydrogen-bond acceptors (Lipinski definition) is 3. The highest BCUT2D eigenvalue weighted by molar-refractivity contribution is 6.31. The summed E-state index contributed by atoms with van der Waals surface area (Å²) < 4.78 is 13.7. The number of carbonyl (C=O) groups excluding carboxylic acids is 1. The Kier molecular flexibility index (Phi) is 4.71. The first-order valence-corrected chi connectivity index (χ1v) is 6.45. The summed E-state index contributed by atoms with van der Waals surface area (Å²) in [5.41, 5.74) is 0.773. The van der Waals surface area contributed by atoms with Gasteiger partial charge in [0.1, 0.15) is 5.82 Å². The van der Waals surface area contributed by atoms with Gasteiger partial charge in [0.15, 0.2) is 5.78 Å². The molecule has 0 bridgehead atoms. The van der Waals surface area contributed by atoms with Crippen LogP contribution in [0.25, 0.3) is 0 Å². The Balaban J connectivity index is 2.43. The van der Waals surface area contributed by atoms with Gasteiger partial charge in [0.2, 0.25) is 0 Å². The molecule has 0 aromatic heterocycles. The minimum absolute atomic E-state index is 0.0122. The Labute approximate surface area is 121 Å². The van der Waals surface area contributed by atoms with Gasteiger partial charge in [0.25, 0.3) is 0 Å². The number of anilines is 1. The molecule has 2 aromatic rings. The first kappa shape index (κ1) is 14.5. The molecule has 2 aromatic carbocycles. The lowest BCUT2D eigenvalue weighted by Crippen LogP contribution is -2.12. The van der Waals surface area contributed by atoms with E-state index in [9.17, 15) is 9.18 Å². The molecule has 0 atom stereocenters. The fraction of sp³-hybridized carbons (Fsp3) is 0.133. The second kappa shape index (κ2) is 6.50. The zero-order valence-electron chi connectivity index (χ0n) is 10.6. The van der Waals surface area contributed by atoms with E-state index in [1.807, 2.05) is 0 Å². The van der Waals surface area contributed by atoms with Crippen LogP contribution in [0.3, 0.4) is 0 Å². The molecule has 0 saturated carbocycles. The highest BCUT2D eigenvalue weighted by atomic mass is 35.5. The molecule has 2 N–H and O–H groups in total. The van der Waals surface area contributed by atoms with Gasteiger partial charge in [-0.3, -0.25) is 4.79 Å². The van der Waals surface area contributed by atoms with Gasteiger partial charge >= 0.3 is 0 Å². The zero-order valence-corrected chi connectivity index (χ0v) is 11.3. The molecule has 104 valence electrons. The number of carbonyl (C=O) groups is 1. The summed E-state index contributed by atoms with van der Waals surface area (Å²) in [5.74, 6) is -1.03. The van der Waals surface area contributed by atoms with Gasteiger partial charge in [0, 0.05) is 22.8 Å². The quantitative estimate of drug-likeness (QED) is 0.833. The van der Waals surface area contributed by atoms with Crippen molar-refractivity contribution in [3.05, 3.63) is 64.4 Å². The first-order chi connectivity index (χ1) is 9.63. The summed E-state index contributed by atoms with van der Waals surface area (Å²) in [6, 6.07) is 10.5. The smallest absolute Gasteiger partial charge is 0.198 e. The molecule has 0 saturated heterocycles. The van der Waals surface area contributed by atoms with Crippen molar-refractivity contribution in [2.24, 2.45) is 0 Å². The van der Waals surface area contributed by atoms with Crippen LogP contribution >= 0.6 is 11.6 Å². The fourth-order valence-electron chi connectivity index (χ4n) is 1.84. The van der Waals surface area contributed by atoms with E-state index in [0.717, 1.165) is 0 Å². The van der Waals surface area contributed by atoms with Crippen LogP contribution in [0.15, 0.2) is 42.5 Å². The van der Waals surface area contributed by atoms with Crippen molar-refractivity contribution in [3.8, 4) is 0 Å². The number of aliphatic hydroxyl groups excluding tert-OH is 1. The van der Waals surface area contributed by atoms with E-state index in [1.54, 1.807) is 18.2 Å². The van der Waals surface area contributed by atoms with Crippen molar-refractivity contribution in [2.75, 3.05) is 18.5 Å². The molecule has 20 heavy (non-hydrogen) atoms. The van der Waals surface area contributed by atoms with Crippen LogP contribution in [-0.2, 0) is 0 Å². The van der Waals surface area contributed by atoms with Crippen molar-refractivity contribution in [2.45, 2.75) is 0 Å². The van der Waals surface area contributed by atoms with Crippen LogP contribution in [0.1, 0.15) is 15.9 Å². The number of aliphatic hydroxyl groups is 1. The van der Waals surface area contributed by atoms with Crippen molar-refractivity contribution in [1.82, 2.24) is 0 Å². The lowest BCUT2D eigenvalue weighted by atomic mass is 10.0. The van der Waals surface area contributed by atoms with E-state index in [1.165, 1.54) is 24.3 Å². The van der Waals surface area contributed by atoms with Crippen molar-refractivity contribution >= 4 is 23.1 Å². The minimum atomic E-state index is -0.578. The van der Waals surface area contributed by atoms with Crippen molar-refractivity contribution in [3.63, 3.8) is 0 Å². The SMILES string of the molecule is O=C(c1ccccc1F)c1cc(Cl)ccc1NCCO. The molecule has 0 radical (unpaired) electrons. The first-order valence-electron chi connectivity index (χ1n) is 6.07. The number of hydrogen-bond donors (Lipinski definition) is 2. The average molecular weight is 294 g/mol. The highest BCUT2D eigenvalue weighted by Crippen LogP contribution is 2.24. The largest absolute Gasteiger partial charge is 0.395 e. The van der Waals surface area contributed by atoms with Crippen LogP contribution in [-0.4, -0.2) is 24.0 Å². The monoisotopic (exact) mass is 293 g/mol. The van der Waals surface area contributed by atoms with Gasteiger partial charge in [-0.25, -0.2) is 4.39 Å². The van der Waals surface area contributed by atoms with Crippen LogP contribution in [0.2, 0.25) is 5.02 Å². The number of benzene rings is 2. The summed E-state index contributed by atoms with van der Waals surface area (Å²) in [5, 5.41) is 12.1. The van der Waals surface area contributed by atoms with Crippen molar-refractivity contribution < 1.29 is 14.3 Å². The topological polar surface area (TPSA) is 49.3 Å². The number of halogens is 2. The van der Waals surface area contributed by atoms with Gasteiger partial charge in [-0.15, -0.1) is 0 Å². The Morgan fingerprint density at radius 3 is 2.65 bits per heavy atom. The summed E-state index contributed by atoms with van der Waals surface area (Å²) in [7, 11) is 0. The third-order valence-electron chi connectivity index (χ3n) is 2.77. The van der Waals surface area contributed by atoms with Crippen molar-refractivity contribution in [1.29, 1.82) is 0 Å². The van der Waals surface area contributed by atoms with Crippen LogP contribution in [0, 0.1) is 5.82 Å². The Morgan fingerprint density at radius 1 is 1.20 bits per heavy atom. The number of rotatable bonds is 5. The van der Waals surface area contributed by atoms with E-state index in [0.29, 0.717) is 17.3 Å². The molecular formula is C15H13ClFNO2. The number of nitrogens with one attached hydrogen (secondary N) is 1. The standard InChI is InChI=1S/C15H13ClFNO2/c16-10-5-6-14(18-7-8-19)12(9-10)15(20)11-3-1-2-4-13(11)17/h1-6,9,18-19H,7-8H2. The molecule has 0 heterocycles. The molecule has 0 aliphatic rings. The fourth-order valence-corrected chi connectivity index (χ4v) is 2.01. The second-order valence-electron chi connectivity index (χ2n) is 4.15. The second-order valence-corrected chi connectivity index (χ2v) is 4.59. The van der Waals surface area contributed by atoms with Gasteiger partial charge in [-0.2, -0.15) is 0 Å². The van der Waals surface area contributed by atoms with Crippen LogP contribution in [0.5, 0.6) is 0 Å².